The summed E-state index contributed by atoms with van der Waals surface area (Å²) in [5.41, 5.74) is 8.82. The molecule has 1 aromatic rings. The van der Waals surface area contributed by atoms with E-state index in [0.717, 1.165) is 5.57 Å². The highest BCUT2D eigenvalue weighted by Gasteiger charge is 2.20. The van der Waals surface area contributed by atoms with Crippen molar-refractivity contribution >= 4 is 23.2 Å². The molecule has 1 amide bonds. The first-order valence-electron chi connectivity index (χ1n) is 7.10. The molecule has 3 N–H and O–H groups in total. The van der Waals surface area contributed by atoms with Crippen molar-refractivity contribution < 1.29 is 14.3 Å². The number of anilines is 1. The Morgan fingerprint density at radius 2 is 1.83 bits per heavy atom. The van der Waals surface area contributed by atoms with Crippen LogP contribution in [0.5, 0.6) is 11.5 Å². The number of ether oxygens (including phenoxy) is 2. The standard InChI is InChI=1S/C17H23ClN2O3/c1-7-11(15(19)9(2)3)17(21)20-16-10(4)12(22-5)8-13(23-6)14(16)18/h7-8H,19H2,1-6H3,(H,20,21)/b11-7+. The predicted molar refractivity (Wildman–Crippen MR) is 94.2 cm³/mol. The smallest absolute Gasteiger partial charge is 0.257 e. The third-order valence-corrected chi connectivity index (χ3v) is 3.86. The van der Waals surface area contributed by atoms with E-state index in [1.54, 1.807) is 33.1 Å². The monoisotopic (exact) mass is 338 g/mol. The summed E-state index contributed by atoms with van der Waals surface area (Å²) < 4.78 is 10.5. The summed E-state index contributed by atoms with van der Waals surface area (Å²) in [4.78, 5) is 12.6. The Balaban J connectivity index is 3.33. The molecule has 0 aliphatic rings. The van der Waals surface area contributed by atoms with Crippen LogP contribution < -0.4 is 20.5 Å². The van der Waals surface area contributed by atoms with E-state index in [4.69, 9.17) is 26.8 Å². The summed E-state index contributed by atoms with van der Waals surface area (Å²) in [6.07, 6.45) is 1.66. The Hall–Kier alpha value is -2.14. The zero-order valence-corrected chi connectivity index (χ0v) is 15.1. The van der Waals surface area contributed by atoms with Gasteiger partial charge < -0.3 is 20.5 Å². The summed E-state index contributed by atoms with van der Waals surface area (Å²) >= 11 is 6.32. The molecule has 0 aliphatic heterocycles. The number of nitrogens with one attached hydrogen (secondary N) is 1. The third-order valence-electron chi connectivity index (χ3n) is 3.48. The van der Waals surface area contributed by atoms with Gasteiger partial charge in [0.1, 0.15) is 16.5 Å². The molecular weight excluding hydrogens is 316 g/mol. The molecule has 0 atom stereocenters. The van der Waals surface area contributed by atoms with Crippen LogP contribution >= 0.6 is 11.6 Å². The van der Waals surface area contributed by atoms with Crippen molar-refractivity contribution in [3.05, 3.63) is 39.6 Å². The van der Waals surface area contributed by atoms with Gasteiger partial charge in [0.15, 0.2) is 0 Å². The fourth-order valence-corrected chi connectivity index (χ4v) is 2.39. The molecule has 0 aromatic heterocycles. The SMILES string of the molecule is C/C=C(/C(=O)Nc1c(C)c(OC)cc(OC)c1Cl)C(N)=C(C)C. The van der Waals surface area contributed by atoms with Gasteiger partial charge in [-0.3, -0.25) is 4.79 Å². The van der Waals surface area contributed by atoms with Gasteiger partial charge in [0.2, 0.25) is 0 Å². The van der Waals surface area contributed by atoms with Gasteiger partial charge in [-0.2, -0.15) is 0 Å². The van der Waals surface area contributed by atoms with E-state index in [2.05, 4.69) is 5.32 Å². The number of benzene rings is 1. The molecule has 1 rings (SSSR count). The van der Waals surface area contributed by atoms with Crippen LogP contribution in [0, 0.1) is 6.92 Å². The van der Waals surface area contributed by atoms with Gasteiger partial charge >= 0.3 is 0 Å². The minimum Gasteiger partial charge on any atom is -0.496 e. The maximum atomic E-state index is 12.6. The zero-order chi connectivity index (χ0) is 17.7. The quantitative estimate of drug-likeness (QED) is 0.632. The average molecular weight is 339 g/mol. The zero-order valence-electron chi connectivity index (χ0n) is 14.3. The molecule has 0 spiro atoms. The van der Waals surface area contributed by atoms with E-state index in [9.17, 15) is 4.79 Å². The van der Waals surface area contributed by atoms with Crippen LogP contribution in [0.4, 0.5) is 5.69 Å². The molecule has 0 saturated carbocycles. The van der Waals surface area contributed by atoms with Gasteiger partial charge in [0.05, 0.1) is 25.5 Å². The van der Waals surface area contributed by atoms with Crippen LogP contribution in [0.15, 0.2) is 29.0 Å². The molecule has 1 aromatic carbocycles. The number of hydrogen-bond acceptors (Lipinski definition) is 4. The lowest BCUT2D eigenvalue weighted by molar-refractivity contribution is -0.112. The molecule has 126 valence electrons. The molecule has 0 unspecified atom stereocenters. The molecule has 0 aliphatic carbocycles. The lowest BCUT2D eigenvalue weighted by Gasteiger charge is -2.17. The summed E-state index contributed by atoms with van der Waals surface area (Å²) in [6.45, 7) is 7.25. The van der Waals surface area contributed by atoms with Gasteiger partial charge in [-0.25, -0.2) is 0 Å². The Labute approximate surface area is 142 Å². The number of rotatable bonds is 5. The Bertz CT molecular complexity index is 647. The highest BCUT2D eigenvalue weighted by Crippen LogP contribution is 2.40. The Morgan fingerprint density at radius 3 is 2.26 bits per heavy atom. The molecule has 0 saturated heterocycles. The van der Waals surface area contributed by atoms with Crippen molar-refractivity contribution in [1.82, 2.24) is 0 Å². The maximum absolute atomic E-state index is 12.6. The highest BCUT2D eigenvalue weighted by atomic mass is 35.5. The number of carbonyl (C=O) groups excluding carboxylic acids is 1. The van der Waals surface area contributed by atoms with E-state index in [0.29, 0.717) is 39.0 Å². The Kier molecular flexibility index (Phi) is 6.51. The van der Waals surface area contributed by atoms with E-state index in [-0.39, 0.29) is 5.91 Å². The minimum absolute atomic E-state index is 0.311. The number of amides is 1. The number of nitrogens with two attached hydrogens (primary N) is 1. The van der Waals surface area contributed by atoms with Crippen molar-refractivity contribution in [2.75, 3.05) is 19.5 Å². The lowest BCUT2D eigenvalue weighted by atomic mass is 10.1. The lowest BCUT2D eigenvalue weighted by Crippen LogP contribution is -2.20. The molecule has 5 nitrogen and oxygen atoms in total. The number of halogens is 1. The van der Waals surface area contributed by atoms with Crippen LogP contribution in [0.1, 0.15) is 26.3 Å². The van der Waals surface area contributed by atoms with Crippen LogP contribution in [-0.4, -0.2) is 20.1 Å². The van der Waals surface area contributed by atoms with Crippen LogP contribution in [0.3, 0.4) is 0 Å². The molecule has 0 heterocycles. The molecular formula is C17H23ClN2O3. The second-order valence-corrected chi connectivity index (χ2v) is 5.54. The van der Waals surface area contributed by atoms with Crippen molar-refractivity contribution in [3.8, 4) is 11.5 Å². The number of methoxy groups -OCH3 is 2. The van der Waals surface area contributed by atoms with Gasteiger partial charge in [0, 0.05) is 17.3 Å². The molecule has 0 fully saturated rings. The second kappa shape index (κ2) is 7.92. The molecule has 0 bridgehead atoms. The first-order valence-corrected chi connectivity index (χ1v) is 7.48. The second-order valence-electron chi connectivity index (χ2n) is 5.17. The maximum Gasteiger partial charge on any atom is 0.257 e. The fraction of sp³-hybridized carbons (Fsp3) is 0.353. The summed E-state index contributed by atoms with van der Waals surface area (Å²) in [6, 6.07) is 1.67. The van der Waals surface area contributed by atoms with E-state index >= 15 is 0 Å². The topological polar surface area (TPSA) is 73.6 Å². The van der Waals surface area contributed by atoms with Gasteiger partial charge in [0.25, 0.3) is 5.91 Å². The molecule has 23 heavy (non-hydrogen) atoms. The third kappa shape index (κ3) is 3.99. The summed E-state index contributed by atoms with van der Waals surface area (Å²) in [5, 5.41) is 3.11. The Morgan fingerprint density at radius 1 is 1.26 bits per heavy atom. The fourth-order valence-electron chi connectivity index (χ4n) is 2.07. The predicted octanol–water partition coefficient (Wildman–Crippen LogP) is 3.80. The first kappa shape index (κ1) is 18.9. The van der Waals surface area contributed by atoms with Crippen molar-refractivity contribution in [3.63, 3.8) is 0 Å². The van der Waals surface area contributed by atoms with Crippen molar-refractivity contribution in [1.29, 1.82) is 0 Å². The van der Waals surface area contributed by atoms with E-state index in [1.165, 1.54) is 7.11 Å². The number of allylic oxidation sites excluding steroid dienone is 2. The van der Waals surface area contributed by atoms with E-state index in [1.807, 2.05) is 13.8 Å². The van der Waals surface area contributed by atoms with Crippen molar-refractivity contribution in [2.45, 2.75) is 27.7 Å². The molecule has 6 heteroatoms. The summed E-state index contributed by atoms with van der Waals surface area (Å²) in [7, 11) is 3.04. The largest absolute Gasteiger partial charge is 0.496 e. The first-order chi connectivity index (χ1) is 10.8. The van der Waals surface area contributed by atoms with E-state index < -0.39 is 0 Å². The minimum atomic E-state index is -0.341. The van der Waals surface area contributed by atoms with Crippen molar-refractivity contribution in [2.24, 2.45) is 5.73 Å². The number of carbonyl (C=O) groups is 1. The van der Waals surface area contributed by atoms with Crippen LogP contribution in [-0.2, 0) is 4.79 Å². The van der Waals surface area contributed by atoms with Crippen LogP contribution in [0.2, 0.25) is 5.02 Å². The summed E-state index contributed by atoms with van der Waals surface area (Å²) in [5.74, 6) is 0.645. The van der Waals surface area contributed by atoms with Gasteiger partial charge in [-0.15, -0.1) is 0 Å². The van der Waals surface area contributed by atoms with Crippen LogP contribution in [0.25, 0.3) is 0 Å². The average Bonchev–Trinajstić information content (AvgIpc) is 2.52. The highest BCUT2D eigenvalue weighted by molar-refractivity contribution is 6.35. The molecule has 0 radical (unpaired) electrons. The van der Waals surface area contributed by atoms with Gasteiger partial charge in [-0.05, 0) is 27.7 Å². The van der Waals surface area contributed by atoms with Gasteiger partial charge in [-0.1, -0.05) is 23.3 Å². The number of hydrogen-bond donors (Lipinski definition) is 2. The normalized spacial score (nSPS) is 11.0.